The van der Waals surface area contributed by atoms with Crippen molar-refractivity contribution in [3.8, 4) is 0 Å². The van der Waals surface area contributed by atoms with Crippen molar-refractivity contribution in [3.05, 3.63) is 17.5 Å². The molecule has 78 valence electrons. The van der Waals surface area contributed by atoms with Crippen molar-refractivity contribution >= 4 is 5.97 Å². The lowest BCUT2D eigenvalue weighted by molar-refractivity contribution is -0.138. The standard InChI is InChI=1S/C9H15N3O2/c1-9(2,3)7-5(4-11-12-7)6(10)8(13)14/h4,6H,10H2,1-3H3,(H,11,12)(H,13,14). The van der Waals surface area contributed by atoms with Crippen LogP contribution in [0.4, 0.5) is 0 Å². The summed E-state index contributed by atoms with van der Waals surface area (Å²) < 4.78 is 0. The first-order valence-electron chi connectivity index (χ1n) is 4.36. The molecule has 0 spiro atoms. The lowest BCUT2D eigenvalue weighted by Gasteiger charge is -2.19. The van der Waals surface area contributed by atoms with Crippen LogP contribution < -0.4 is 5.73 Å². The molecule has 1 atom stereocenters. The minimum absolute atomic E-state index is 0.182. The minimum Gasteiger partial charge on any atom is -0.480 e. The molecule has 4 N–H and O–H groups in total. The van der Waals surface area contributed by atoms with Gasteiger partial charge in [-0.25, -0.2) is 0 Å². The number of nitrogens with zero attached hydrogens (tertiary/aromatic N) is 1. The third-order valence-corrected chi connectivity index (χ3v) is 2.02. The molecule has 0 radical (unpaired) electrons. The van der Waals surface area contributed by atoms with Gasteiger partial charge in [-0.05, 0) is 0 Å². The summed E-state index contributed by atoms with van der Waals surface area (Å²) >= 11 is 0. The molecule has 0 aliphatic heterocycles. The number of nitrogens with one attached hydrogen (secondary N) is 1. The highest BCUT2D eigenvalue weighted by molar-refractivity contribution is 5.75. The minimum atomic E-state index is -1.04. The number of nitrogens with two attached hydrogens (primary N) is 1. The van der Waals surface area contributed by atoms with Crippen molar-refractivity contribution in [2.75, 3.05) is 0 Å². The van der Waals surface area contributed by atoms with E-state index in [0.29, 0.717) is 5.56 Å². The van der Waals surface area contributed by atoms with Gasteiger partial charge in [0.1, 0.15) is 6.04 Å². The first-order valence-corrected chi connectivity index (χ1v) is 4.36. The second-order valence-electron chi connectivity index (χ2n) is 4.27. The van der Waals surface area contributed by atoms with Crippen LogP contribution in [-0.4, -0.2) is 21.3 Å². The summed E-state index contributed by atoms with van der Waals surface area (Å²) in [5, 5.41) is 15.4. The van der Waals surface area contributed by atoms with E-state index in [-0.39, 0.29) is 5.41 Å². The van der Waals surface area contributed by atoms with Gasteiger partial charge < -0.3 is 10.8 Å². The van der Waals surface area contributed by atoms with Gasteiger partial charge >= 0.3 is 5.97 Å². The van der Waals surface area contributed by atoms with E-state index >= 15 is 0 Å². The first kappa shape index (κ1) is 10.7. The van der Waals surface area contributed by atoms with Gasteiger partial charge in [0.2, 0.25) is 0 Å². The van der Waals surface area contributed by atoms with E-state index < -0.39 is 12.0 Å². The van der Waals surface area contributed by atoms with E-state index in [1.54, 1.807) is 0 Å². The van der Waals surface area contributed by atoms with E-state index in [2.05, 4.69) is 10.2 Å². The number of carbonyl (C=O) groups is 1. The fourth-order valence-electron chi connectivity index (χ4n) is 1.27. The van der Waals surface area contributed by atoms with Crippen molar-refractivity contribution < 1.29 is 9.90 Å². The average molecular weight is 197 g/mol. The molecule has 1 aromatic rings. The Labute approximate surface area is 82.3 Å². The van der Waals surface area contributed by atoms with Crippen LogP contribution in [-0.2, 0) is 10.2 Å². The Kier molecular flexibility index (Phi) is 2.62. The molecule has 0 fully saturated rings. The van der Waals surface area contributed by atoms with E-state index in [1.807, 2.05) is 20.8 Å². The number of aromatic nitrogens is 2. The molecule has 5 heteroatoms. The highest BCUT2D eigenvalue weighted by atomic mass is 16.4. The van der Waals surface area contributed by atoms with Crippen LogP contribution in [0.3, 0.4) is 0 Å². The second kappa shape index (κ2) is 3.42. The van der Waals surface area contributed by atoms with Crippen molar-refractivity contribution in [3.63, 3.8) is 0 Å². The summed E-state index contributed by atoms with van der Waals surface area (Å²) in [7, 11) is 0. The molecule has 5 nitrogen and oxygen atoms in total. The van der Waals surface area contributed by atoms with E-state index in [0.717, 1.165) is 5.69 Å². The number of hydrogen-bond donors (Lipinski definition) is 3. The molecule has 0 saturated heterocycles. The number of rotatable bonds is 2. The molecule has 0 aromatic carbocycles. The van der Waals surface area contributed by atoms with E-state index in [9.17, 15) is 4.79 Å². The second-order valence-corrected chi connectivity index (χ2v) is 4.27. The Bertz CT molecular complexity index is 338. The van der Waals surface area contributed by atoms with Gasteiger partial charge in [0.05, 0.1) is 6.20 Å². The topological polar surface area (TPSA) is 92.0 Å². The zero-order valence-corrected chi connectivity index (χ0v) is 8.53. The largest absolute Gasteiger partial charge is 0.480 e. The Hall–Kier alpha value is -1.36. The number of carboxylic acid groups (broad SMARTS) is 1. The highest BCUT2D eigenvalue weighted by Gasteiger charge is 2.26. The molecule has 0 aliphatic carbocycles. The lowest BCUT2D eigenvalue weighted by Crippen LogP contribution is -2.24. The molecule has 0 aliphatic rings. The molecular weight excluding hydrogens is 182 g/mol. The highest BCUT2D eigenvalue weighted by Crippen LogP contribution is 2.26. The predicted molar refractivity (Wildman–Crippen MR) is 51.9 cm³/mol. The Balaban J connectivity index is 3.11. The molecule has 0 saturated carbocycles. The molecule has 14 heavy (non-hydrogen) atoms. The number of hydrogen-bond acceptors (Lipinski definition) is 3. The number of aromatic amines is 1. The number of aliphatic carboxylic acids is 1. The van der Waals surface area contributed by atoms with Crippen LogP contribution in [0.1, 0.15) is 38.1 Å². The monoisotopic (exact) mass is 197 g/mol. The smallest absolute Gasteiger partial charge is 0.325 e. The maximum absolute atomic E-state index is 10.7. The van der Waals surface area contributed by atoms with E-state index in [4.69, 9.17) is 10.8 Å². The quantitative estimate of drug-likeness (QED) is 0.653. The molecule has 1 heterocycles. The number of H-pyrrole nitrogens is 1. The molecule has 1 aromatic heterocycles. The van der Waals surface area contributed by atoms with Crippen LogP contribution in [0.2, 0.25) is 0 Å². The Morgan fingerprint density at radius 3 is 2.64 bits per heavy atom. The van der Waals surface area contributed by atoms with Crippen molar-refractivity contribution in [1.29, 1.82) is 0 Å². The zero-order valence-electron chi connectivity index (χ0n) is 8.53. The first-order chi connectivity index (χ1) is 6.34. The van der Waals surface area contributed by atoms with Gasteiger partial charge in [0, 0.05) is 16.7 Å². The van der Waals surface area contributed by atoms with Gasteiger partial charge in [0.25, 0.3) is 0 Å². The third-order valence-electron chi connectivity index (χ3n) is 2.02. The van der Waals surface area contributed by atoms with Crippen LogP contribution in [0.15, 0.2) is 6.20 Å². The normalized spacial score (nSPS) is 14.0. The zero-order chi connectivity index (χ0) is 10.9. The van der Waals surface area contributed by atoms with Gasteiger partial charge in [-0.2, -0.15) is 5.10 Å². The van der Waals surface area contributed by atoms with Crippen LogP contribution in [0, 0.1) is 0 Å². The fourth-order valence-corrected chi connectivity index (χ4v) is 1.27. The molecule has 1 unspecified atom stereocenters. The molecule has 0 bridgehead atoms. The van der Waals surface area contributed by atoms with Crippen molar-refractivity contribution in [2.24, 2.45) is 5.73 Å². The Morgan fingerprint density at radius 1 is 1.64 bits per heavy atom. The summed E-state index contributed by atoms with van der Waals surface area (Å²) in [4.78, 5) is 10.7. The Morgan fingerprint density at radius 2 is 2.21 bits per heavy atom. The van der Waals surface area contributed by atoms with Crippen LogP contribution in [0.5, 0.6) is 0 Å². The average Bonchev–Trinajstić information content (AvgIpc) is 2.48. The summed E-state index contributed by atoms with van der Waals surface area (Å²) in [6, 6.07) is -1.01. The van der Waals surface area contributed by atoms with Crippen molar-refractivity contribution in [1.82, 2.24) is 10.2 Å². The van der Waals surface area contributed by atoms with Gasteiger partial charge in [-0.1, -0.05) is 20.8 Å². The SMILES string of the molecule is CC(C)(C)c1[nH]ncc1C(N)C(=O)O. The van der Waals surface area contributed by atoms with Gasteiger partial charge in [-0.3, -0.25) is 9.89 Å². The fraction of sp³-hybridized carbons (Fsp3) is 0.556. The summed E-state index contributed by atoms with van der Waals surface area (Å²) in [5.74, 6) is -1.04. The van der Waals surface area contributed by atoms with Crippen LogP contribution >= 0.6 is 0 Å². The van der Waals surface area contributed by atoms with Crippen molar-refractivity contribution in [2.45, 2.75) is 32.2 Å². The lowest BCUT2D eigenvalue weighted by atomic mass is 9.88. The molecule has 1 rings (SSSR count). The van der Waals surface area contributed by atoms with E-state index in [1.165, 1.54) is 6.20 Å². The van der Waals surface area contributed by atoms with Gasteiger partial charge in [-0.15, -0.1) is 0 Å². The molecule has 0 amide bonds. The van der Waals surface area contributed by atoms with Gasteiger partial charge in [0.15, 0.2) is 0 Å². The summed E-state index contributed by atoms with van der Waals surface area (Å²) in [5.41, 5.74) is 6.66. The summed E-state index contributed by atoms with van der Waals surface area (Å²) in [6.45, 7) is 5.91. The maximum Gasteiger partial charge on any atom is 0.325 e. The summed E-state index contributed by atoms with van der Waals surface area (Å²) in [6.07, 6.45) is 1.47. The molecular formula is C9H15N3O2. The van der Waals surface area contributed by atoms with Crippen LogP contribution in [0.25, 0.3) is 0 Å². The predicted octanol–water partition coefficient (Wildman–Crippen LogP) is 0.792. The maximum atomic E-state index is 10.7. The number of carboxylic acids is 1. The third kappa shape index (κ3) is 1.93.